The van der Waals surface area contributed by atoms with Crippen LogP contribution in [0, 0.1) is 11.8 Å². The molecule has 1 rings (SSSR count). The van der Waals surface area contributed by atoms with Crippen LogP contribution in [-0.4, -0.2) is 20.7 Å². The minimum atomic E-state index is -1.65. The maximum absolute atomic E-state index is 11.7. The van der Waals surface area contributed by atoms with Gasteiger partial charge in [0.2, 0.25) is 5.78 Å². The molecule has 0 unspecified atom stereocenters. The highest BCUT2D eigenvalue weighted by molar-refractivity contribution is 6.74. The lowest BCUT2D eigenvalue weighted by Gasteiger charge is -2.36. The van der Waals surface area contributed by atoms with Gasteiger partial charge in [0.05, 0.1) is 0 Å². The molecule has 0 fully saturated rings. The molecule has 1 aromatic carbocycles. The van der Waals surface area contributed by atoms with E-state index in [0.717, 1.165) is 25.0 Å². The summed E-state index contributed by atoms with van der Waals surface area (Å²) in [5.41, 5.74) is 0.886. The molecule has 0 aromatic heterocycles. The summed E-state index contributed by atoms with van der Waals surface area (Å²) in [5.74, 6) is 5.63. The summed E-state index contributed by atoms with van der Waals surface area (Å²) in [5, 5.41) is 0.240. The number of hydrogen-bond acceptors (Lipinski definition) is 2. The highest BCUT2D eigenvalue weighted by Crippen LogP contribution is 2.36. The van der Waals surface area contributed by atoms with Gasteiger partial charge in [0.15, 0.2) is 8.32 Å². The first-order valence-electron chi connectivity index (χ1n) is 7.96. The Morgan fingerprint density at radius 2 is 1.77 bits per heavy atom. The lowest BCUT2D eigenvalue weighted by Crippen LogP contribution is -2.40. The van der Waals surface area contributed by atoms with Crippen molar-refractivity contribution < 1.29 is 9.22 Å². The molecule has 0 saturated carbocycles. The number of unbranched alkanes of at least 4 members (excludes halogenated alkanes) is 1. The fourth-order valence-corrected chi connectivity index (χ4v) is 2.74. The summed E-state index contributed by atoms with van der Waals surface area (Å²) in [7, 11) is -1.65. The van der Waals surface area contributed by atoms with Crippen LogP contribution < -0.4 is 0 Å². The third kappa shape index (κ3) is 6.59. The number of ketones is 1. The molecule has 0 aliphatic heterocycles. The normalized spacial score (nSPS) is 11.7. The third-order valence-corrected chi connectivity index (χ3v) is 8.73. The van der Waals surface area contributed by atoms with E-state index in [1.54, 1.807) is 0 Å². The monoisotopic (exact) mass is 316 g/mol. The maximum atomic E-state index is 11.7. The van der Waals surface area contributed by atoms with E-state index in [2.05, 4.69) is 45.7 Å². The number of Topliss-reactive ketones (excluding diaryl/α,β-unsaturated/α-hetero) is 1. The molecule has 0 amide bonds. The fourth-order valence-electron chi connectivity index (χ4n) is 1.66. The minimum absolute atomic E-state index is 0.0104. The average Bonchev–Trinajstić information content (AvgIpc) is 2.44. The second-order valence-corrected chi connectivity index (χ2v) is 11.9. The van der Waals surface area contributed by atoms with Crippen LogP contribution in [0.2, 0.25) is 18.1 Å². The molecule has 0 N–H and O–H groups in total. The van der Waals surface area contributed by atoms with E-state index >= 15 is 0 Å². The van der Waals surface area contributed by atoms with Crippen LogP contribution in [0.15, 0.2) is 30.3 Å². The smallest absolute Gasteiger partial charge is 0.205 e. The van der Waals surface area contributed by atoms with Crippen LogP contribution in [0.3, 0.4) is 0 Å². The summed E-state index contributed by atoms with van der Waals surface area (Å²) < 4.78 is 6.10. The summed E-state index contributed by atoms with van der Waals surface area (Å²) in [6.07, 6.45) is 2.28. The Morgan fingerprint density at radius 1 is 1.14 bits per heavy atom. The van der Waals surface area contributed by atoms with Crippen LogP contribution in [0.4, 0.5) is 0 Å². The molecule has 22 heavy (non-hydrogen) atoms. The molecular weight excluding hydrogens is 288 g/mol. The third-order valence-electron chi connectivity index (χ3n) is 4.19. The Balaban J connectivity index is 2.26. The first-order valence-corrected chi connectivity index (χ1v) is 10.9. The molecule has 0 radical (unpaired) electrons. The van der Waals surface area contributed by atoms with E-state index in [0.29, 0.717) is 6.42 Å². The molecule has 0 aliphatic carbocycles. The summed E-state index contributed by atoms with van der Waals surface area (Å²) in [6, 6.07) is 9.61. The zero-order valence-corrected chi connectivity index (χ0v) is 15.5. The Morgan fingerprint density at radius 3 is 2.36 bits per heavy atom. The molecular formula is C19H28O2Si. The van der Waals surface area contributed by atoms with Crippen molar-refractivity contribution in [3.63, 3.8) is 0 Å². The van der Waals surface area contributed by atoms with Gasteiger partial charge < -0.3 is 4.43 Å². The van der Waals surface area contributed by atoms with Crippen molar-refractivity contribution in [1.29, 1.82) is 0 Å². The van der Waals surface area contributed by atoms with E-state index in [1.807, 2.05) is 30.3 Å². The van der Waals surface area contributed by atoms with E-state index < -0.39 is 8.32 Å². The van der Waals surface area contributed by atoms with Gasteiger partial charge in [-0.05, 0) is 49.0 Å². The van der Waals surface area contributed by atoms with E-state index in [4.69, 9.17) is 4.43 Å². The lowest BCUT2D eigenvalue weighted by atomic mass is 10.1. The topological polar surface area (TPSA) is 26.3 Å². The molecule has 0 heterocycles. The molecule has 1 aromatic rings. The summed E-state index contributed by atoms with van der Waals surface area (Å²) >= 11 is 0. The van der Waals surface area contributed by atoms with Crippen molar-refractivity contribution in [3.8, 4) is 11.8 Å². The standard InChI is InChI=1S/C19H28O2Si/c1-19(2,3)22(4,5)21-16-10-9-13-18(20)15-14-17-11-7-6-8-12-17/h6-8,11-12H,9-10,13,16H2,1-5H3. The van der Waals surface area contributed by atoms with Crippen molar-refractivity contribution in [2.24, 2.45) is 0 Å². The van der Waals surface area contributed by atoms with E-state index in [9.17, 15) is 4.79 Å². The van der Waals surface area contributed by atoms with Crippen molar-refractivity contribution in [3.05, 3.63) is 35.9 Å². The number of benzene rings is 1. The van der Waals surface area contributed by atoms with Crippen LogP contribution in [0.5, 0.6) is 0 Å². The van der Waals surface area contributed by atoms with Gasteiger partial charge in [0.1, 0.15) is 0 Å². The first kappa shape index (κ1) is 18.7. The van der Waals surface area contributed by atoms with Crippen molar-refractivity contribution in [1.82, 2.24) is 0 Å². The van der Waals surface area contributed by atoms with E-state index in [-0.39, 0.29) is 10.8 Å². The second kappa shape index (κ2) is 8.31. The Labute approximate surface area is 136 Å². The number of carbonyl (C=O) groups excluding carboxylic acids is 1. The number of carbonyl (C=O) groups is 1. The van der Waals surface area contributed by atoms with Crippen molar-refractivity contribution >= 4 is 14.1 Å². The lowest BCUT2D eigenvalue weighted by molar-refractivity contribution is -0.113. The van der Waals surface area contributed by atoms with Gasteiger partial charge in [0, 0.05) is 18.6 Å². The van der Waals surface area contributed by atoms with Gasteiger partial charge in [0.25, 0.3) is 0 Å². The highest BCUT2D eigenvalue weighted by Gasteiger charge is 2.36. The largest absolute Gasteiger partial charge is 0.417 e. The molecule has 0 bridgehead atoms. The van der Waals surface area contributed by atoms with Gasteiger partial charge in [-0.15, -0.1) is 0 Å². The molecule has 3 heteroatoms. The zero-order chi connectivity index (χ0) is 16.6. The van der Waals surface area contributed by atoms with Crippen LogP contribution in [-0.2, 0) is 9.22 Å². The number of rotatable bonds is 6. The zero-order valence-electron chi connectivity index (χ0n) is 14.5. The van der Waals surface area contributed by atoms with Crippen LogP contribution in [0.25, 0.3) is 0 Å². The maximum Gasteiger partial charge on any atom is 0.205 e. The minimum Gasteiger partial charge on any atom is -0.417 e. The first-order chi connectivity index (χ1) is 10.2. The van der Waals surface area contributed by atoms with Crippen LogP contribution in [0.1, 0.15) is 45.6 Å². The van der Waals surface area contributed by atoms with E-state index in [1.165, 1.54) is 0 Å². The Kier molecular flexibility index (Phi) is 7.05. The molecule has 0 aliphatic rings. The SMILES string of the molecule is CC(C)(C)[Si](C)(C)OCCCCC(=O)C#Cc1ccccc1. The number of hydrogen-bond donors (Lipinski definition) is 0. The van der Waals surface area contributed by atoms with Gasteiger partial charge >= 0.3 is 0 Å². The molecule has 0 saturated heterocycles. The summed E-state index contributed by atoms with van der Waals surface area (Å²) in [6.45, 7) is 12.0. The molecule has 120 valence electrons. The summed E-state index contributed by atoms with van der Waals surface area (Å²) in [4.78, 5) is 11.7. The molecule has 0 atom stereocenters. The van der Waals surface area contributed by atoms with Gasteiger partial charge in [-0.25, -0.2) is 0 Å². The van der Waals surface area contributed by atoms with Gasteiger partial charge in [-0.2, -0.15) is 0 Å². The van der Waals surface area contributed by atoms with Crippen molar-refractivity contribution in [2.45, 2.75) is 58.2 Å². The van der Waals surface area contributed by atoms with Crippen molar-refractivity contribution in [2.75, 3.05) is 6.61 Å². The predicted octanol–water partition coefficient (Wildman–Crippen LogP) is 4.80. The Bertz CT molecular complexity index is 530. The Hall–Kier alpha value is -1.37. The molecule has 0 spiro atoms. The van der Waals surface area contributed by atoms with Gasteiger partial charge in [-0.1, -0.05) is 44.9 Å². The average molecular weight is 317 g/mol. The van der Waals surface area contributed by atoms with Gasteiger partial charge in [-0.3, -0.25) is 4.79 Å². The predicted molar refractivity (Wildman–Crippen MR) is 95.3 cm³/mol. The second-order valence-electron chi connectivity index (χ2n) is 7.11. The fraction of sp³-hybridized carbons (Fsp3) is 0.526. The molecule has 2 nitrogen and oxygen atoms in total. The quantitative estimate of drug-likeness (QED) is 0.428. The van der Waals surface area contributed by atoms with Crippen LogP contribution >= 0.6 is 0 Å². The highest BCUT2D eigenvalue weighted by atomic mass is 28.4.